The Labute approximate surface area is 167 Å². The normalized spacial score (nSPS) is 14.0. The van der Waals surface area contributed by atoms with Crippen molar-refractivity contribution < 1.29 is 19.1 Å². The van der Waals surface area contributed by atoms with Gasteiger partial charge >= 0.3 is 12.0 Å². The van der Waals surface area contributed by atoms with E-state index in [1.54, 1.807) is 18.7 Å². The number of esters is 1. The summed E-state index contributed by atoms with van der Waals surface area (Å²) in [4.78, 5) is 39.9. The summed E-state index contributed by atoms with van der Waals surface area (Å²) in [5.41, 5.74) is 1.91. The van der Waals surface area contributed by atoms with E-state index in [4.69, 9.17) is 4.74 Å². The molecule has 2 rings (SSSR count). The molecule has 0 atom stereocenters. The van der Waals surface area contributed by atoms with Gasteiger partial charge in [0.2, 0.25) is 0 Å². The number of rotatable bonds is 7. The van der Waals surface area contributed by atoms with Gasteiger partial charge < -0.3 is 19.5 Å². The van der Waals surface area contributed by atoms with Gasteiger partial charge in [0, 0.05) is 29.4 Å². The van der Waals surface area contributed by atoms with E-state index in [0.29, 0.717) is 23.4 Å². The lowest BCUT2D eigenvalue weighted by molar-refractivity contribution is 0.0512. The monoisotopic (exact) mass is 391 g/mol. The molecule has 1 fully saturated rings. The van der Waals surface area contributed by atoms with Crippen molar-refractivity contribution in [3.05, 3.63) is 22.5 Å². The number of nitrogens with one attached hydrogen (secondary N) is 1. The number of ether oxygens (including phenoxy) is 1. The maximum Gasteiger partial charge on any atom is 0.355 e. The van der Waals surface area contributed by atoms with Crippen molar-refractivity contribution >= 4 is 17.8 Å². The topological polar surface area (TPSA) is 80.6 Å². The van der Waals surface area contributed by atoms with Gasteiger partial charge in [-0.2, -0.15) is 0 Å². The highest BCUT2D eigenvalue weighted by Crippen LogP contribution is 2.29. The van der Waals surface area contributed by atoms with Crippen molar-refractivity contribution in [2.75, 3.05) is 13.2 Å². The van der Waals surface area contributed by atoms with Crippen LogP contribution >= 0.6 is 0 Å². The van der Waals surface area contributed by atoms with E-state index in [1.165, 1.54) is 0 Å². The van der Waals surface area contributed by atoms with Crippen LogP contribution in [0.1, 0.15) is 79.6 Å². The van der Waals surface area contributed by atoms with Gasteiger partial charge in [0.05, 0.1) is 13.2 Å². The molecule has 1 heterocycles. The van der Waals surface area contributed by atoms with Crippen LogP contribution in [0.4, 0.5) is 4.79 Å². The Balaban J connectivity index is 2.32. The predicted octanol–water partition coefficient (Wildman–Crippen LogP) is 3.46. The minimum absolute atomic E-state index is 0.00422. The van der Waals surface area contributed by atoms with Gasteiger partial charge in [-0.25, -0.2) is 9.59 Å². The van der Waals surface area contributed by atoms with Crippen molar-refractivity contribution in [2.45, 2.75) is 79.4 Å². The number of ketones is 1. The first-order valence-electron chi connectivity index (χ1n) is 10.0. The first-order chi connectivity index (χ1) is 13.0. The summed E-state index contributed by atoms with van der Waals surface area (Å²) in [5.74, 6) is -0.572. The van der Waals surface area contributed by atoms with Crippen LogP contribution in [0.15, 0.2) is 0 Å². The third kappa shape index (κ3) is 4.75. The summed E-state index contributed by atoms with van der Waals surface area (Å²) in [6.07, 6.45) is 1.82. The van der Waals surface area contributed by atoms with E-state index in [-0.39, 0.29) is 36.5 Å². The summed E-state index contributed by atoms with van der Waals surface area (Å²) >= 11 is 0. The second kappa shape index (κ2) is 8.37. The average Bonchev–Trinajstić information content (AvgIpc) is 3.36. The number of carbonyl (C=O) groups excluding carboxylic acids is 3. The summed E-state index contributed by atoms with van der Waals surface area (Å²) in [6, 6.07) is -0.121. The molecule has 0 unspecified atom stereocenters. The van der Waals surface area contributed by atoms with Crippen LogP contribution in [-0.2, 0) is 11.3 Å². The molecule has 0 aromatic carbocycles. The Hall–Kier alpha value is -2.31. The lowest BCUT2D eigenvalue weighted by Crippen LogP contribution is -2.50. The van der Waals surface area contributed by atoms with Crippen molar-refractivity contribution in [3.8, 4) is 0 Å². The fraction of sp³-hybridized carbons (Fsp3) is 0.667. The van der Waals surface area contributed by atoms with Gasteiger partial charge in [-0.15, -0.1) is 0 Å². The number of hydrogen-bond donors (Lipinski definition) is 1. The quantitative estimate of drug-likeness (QED) is 0.570. The molecule has 0 bridgehead atoms. The van der Waals surface area contributed by atoms with E-state index < -0.39 is 5.97 Å². The van der Waals surface area contributed by atoms with Crippen LogP contribution in [0.2, 0.25) is 0 Å². The molecular formula is C21H33N3O4. The van der Waals surface area contributed by atoms with Crippen LogP contribution in [0, 0.1) is 13.8 Å². The van der Waals surface area contributed by atoms with Gasteiger partial charge in [0.15, 0.2) is 5.78 Å². The number of nitrogens with zero attached hydrogens (tertiary/aromatic N) is 2. The molecule has 1 saturated carbocycles. The van der Waals surface area contributed by atoms with Crippen LogP contribution in [0.5, 0.6) is 0 Å². The molecule has 1 aromatic rings. The molecule has 0 radical (unpaired) electrons. The van der Waals surface area contributed by atoms with E-state index in [1.807, 2.05) is 39.2 Å². The zero-order valence-electron chi connectivity index (χ0n) is 18.1. The number of aromatic nitrogens is 1. The van der Waals surface area contributed by atoms with Gasteiger partial charge in [0.1, 0.15) is 5.69 Å². The molecule has 0 aliphatic heterocycles. The van der Waals surface area contributed by atoms with Gasteiger partial charge in [-0.05, 0) is 66.9 Å². The molecule has 0 spiro atoms. The van der Waals surface area contributed by atoms with Gasteiger partial charge in [0.25, 0.3) is 0 Å². The fourth-order valence-corrected chi connectivity index (χ4v) is 3.54. The Kier molecular flexibility index (Phi) is 6.57. The van der Waals surface area contributed by atoms with Crippen LogP contribution in [0.25, 0.3) is 0 Å². The van der Waals surface area contributed by atoms with E-state index in [0.717, 1.165) is 18.5 Å². The molecule has 1 aliphatic rings. The summed E-state index contributed by atoms with van der Waals surface area (Å²) in [5, 5.41) is 2.94. The van der Waals surface area contributed by atoms with E-state index in [2.05, 4.69) is 5.32 Å². The van der Waals surface area contributed by atoms with Crippen LogP contribution in [0.3, 0.4) is 0 Å². The zero-order chi connectivity index (χ0) is 21.2. The molecule has 1 aromatic heterocycles. The minimum Gasteiger partial charge on any atom is -0.461 e. The minimum atomic E-state index is -0.423. The number of urea groups is 1. The lowest BCUT2D eigenvalue weighted by Gasteiger charge is -2.28. The predicted molar refractivity (Wildman–Crippen MR) is 108 cm³/mol. The van der Waals surface area contributed by atoms with Crippen molar-refractivity contribution in [1.29, 1.82) is 0 Å². The number of carbonyl (C=O) groups is 3. The maximum absolute atomic E-state index is 13.2. The molecule has 7 heteroatoms. The first kappa shape index (κ1) is 22.0. The van der Waals surface area contributed by atoms with Gasteiger partial charge in [-0.3, -0.25) is 4.79 Å². The SMILES string of the molecule is CCOC(=O)c1c(C)c(C(=O)CN(C(=O)NC(C)(C)C)C2CC2)c(C)n1CC. The highest BCUT2D eigenvalue weighted by atomic mass is 16.5. The molecular weight excluding hydrogens is 358 g/mol. The van der Waals surface area contributed by atoms with Gasteiger partial charge in [-0.1, -0.05) is 0 Å². The molecule has 1 aliphatic carbocycles. The molecule has 2 amide bonds. The van der Waals surface area contributed by atoms with Crippen molar-refractivity contribution in [1.82, 2.24) is 14.8 Å². The third-order valence-corrected chi connectivity index (χ3v) is 4.88. The highest BCUT2D eigenvalue weighted by molar-refractivity contribution is 6.04. The standard InChI is InChI=1S/C21H33N3O4/c1-8-23-14(4)17(13(3)18(23)19(26)28-9-2)16(25)12-24(15-10-11-15)20(27)22-21(5,6)7/h15H,8-12H2,1-7H3,(H,22,27). The molecule has 28 heavy (non-hydrogen) atoms. The fourth-order valence-electron chi connectivity index (χ4n) is 3.54. The largest absolute Gasteiger partial charge is 0.461 e. The van der Waals surface area contributed by atoms with Crippen molar-refractivity contribution in [2.24, 2.45) is 0 Å². The summed E-state index contributed by atoms with van der Waals surface area (Å²) < 4.78 is 6.99. The van der Waals surface area contributed by atoms with E-state index in [9.17, 15) is 14.4 Å². The lowest BCUT2D eigenvalue weighted by atomic mass is 10.0. The molecule has 7 nitrogen and oxygen atoms in total. The summed E-state index contributed by atoms with van der Waals surface area (Å²) in [6.45, 7) is 13.9. The van der Waals surface area contributed by atoms with Crippen molar-refractivity contribution in [3.63, 3.8) is 0 Å². The van der Waals surface area contributed by atoms with Crippen LogP contribution in [-0.4, -0.2) is 52.0 Å². The average molecular weight is 392 g/mol. The second-order valence-corrected chi connectivity index (χ2v) is 8.36. The van der Waals surface area contributed by atoms with E-state index >= 15 is 0 Å². The zero-order valence-corrected chi connectivity index (χ0v) is 18.1. The van der Waals surface area contributed by atoms with Crippen LogP contribution < -0.4 is 5.32 Å². The molecule has 156 valence electrons. The Morgan fingerprint density at radius 3 is 2.25 bits per heavy atom. The second-order valence-electron chi connectivity index (χ2n) is 8.36. The maximum atomic E-state index is 13.2. The Morgan fingerprint density at radius 1 is 1.18 bits per heavy atom. The first-order valence-corrected chi connectivity index (χ1v) is 10.0. The smallest absolute Gasteiger partial charge is 0.355 e. The molecule has 0 saturated heterocycles. The highest BCUT2D eigenvalue weighted by Gasteiger charge is 2.36. The Morgan fingerprint density at radius 2 is 1.79 bits per heavy atom. The number of Topliss-reactive ketones (excluding diaryl/α,β-unsaturated/α-hetero) is 1. The third-order valence-electron chi connectivity index (χ3n) is 4.88. The number of hydrogen-bond acceptors (Lipinski definition) is 4. The summed E-state index contributed by atoms with van der Waals surface area (Å²) in [7, 11) is 0. The number of amides is 2. The Bertz CT molecular complexity index is 770. The molecule has 1 N–H and O–H groups in total.